The fourth-order valence-corrected chi connectivity index (χ4v) is 0. The maximum Gasteiger partial charge on any atom is 6.00 e. The van der Waals surface area contributed by atoms with Crippen molar-refractivity contribution in [2.45, 2.75) is 0 Å². The SMILES string of the molecule is NC([O-])=S.NC([O-])=S.NC([O-])=S.NC([O-])=S.NC([O-])=S.NC([O-])=S.O=S.O=S.O=S.O=S.O=S.O=S.[Mo+6]. The fourth-order valence-electron chi connectivity index (χ4n) is 0. The molecule has 0 aromatic heterocycles. The Hall–Kier alpha value is -1.05. The van der Waals surface area contributed by atoms with E-state index in [4.69, 9.17) is 55.9 Å². The van der Waals surface area contributed by atoms with Crippen molar-refractivity contribution >= 4 is 180 Å². The quantitative estimate of drug-likeness (QED) is 0.0974. The number of nitrogens with two attached hydrogens (primary N) is 6. The van der Waals surface area contributed by atoms with Crippen molar-refractivity contribution < 1.29 is 77.0 Å². The van der Waals surface area contributed by atoms with Crippen LogP contribution in [0.4, 0.5) is 0 Å². The average Bonchev–Trinajstić information content (AvgIpc) is 2.74. The summed E-state index contributed by atoms with van der Waals surface area (Å²) < 4.78 is 47.0. The Morgan fingerprint density at radius 2 is 0.297 bits per heavy atom. The van der Waals surface area contributed by atoms with Crippen LogP contribution in [0.3, 0.4) is 0 Å². The monoisotopic (exact) mass is 842 g/mol. The van der Waals surface area contributed by atoms with Gasteiger partial charge in [-0.15, -0.1) is 0 Å². The van der Waals surface area contributed by atoms with Crippen LogP contribution in [0.2, 0.25) is 0 Å². The third kappa shape index (κ3) is 34300. The number of hydrogen-bond acceptors (Lipinski definition) is 24. The van der Waals surface area contributed by atoms with Gasteiger partial charge in [-0.3, -0.25) is 0 Å². The van der Waals surface area contributed by atoms with Crippen LogP contribution in [-0.4, -0.2) is 56.3 Å². The van der Waals surface area contributed by atoms with Crippen LogP contribution in [0.1, 0.15) is 0 Å². The first-order valence-corrected chi connectivity index (χ1v) is 9.63. The molecule has 0 radical (unpaired) electrons. The molecule has 0 aromatic rings. The van der Waals surface area contributed by atoms with Gasteiger partial charge >= 0.3 is 21.1 Å². The predicted molar refractivity (Wildman–Crippen MR) is 150 cm³/mol. The van der Waals surface area contributed by atoms with Gasteiger partial charge in [-0.2, -0.15) is 25.3 Å². The summed E-state index contributed by atoms with van der Waals surface area (Å²) in [6.07, 6.45) is 0. The molecule has 0 aliphatic heterocycles. The Morgan fingerprint density at radius 3 is 0.297 bits per heavy atom. The smallest absolute Gasteiger partial charge is 0.852 e. The first-order chi connectivity index (χ1) is 16.4. The van der Waals surface area contributed by atoms with E-state index in [1.807, 2.05) is 0 Å². The van der Waals surface area contributed by atoms with Gasteiger partial charge in [0.05, 0.1) is 0 Å². The molecule has 18 nitrogen and oxygen atoms in total. The molecule has 0 saturated carbocycles. The topological polar surface area (TPSA) is 397 Å². The summed E-state index contributed by atoms with van der Waals surface area (Å²) in [5, 5.41) is 49.7. The van der Waals surface area contributed by atoms with Crippen molar-refractivity contribution in [3.63, 3.8) is 0 Å². The number of hydrogen-bond donors (Lipinski definition) is 6. The summed E-state index contributed by atoms with van der Waals surface area (Å²) in [6.45, 7) is 0. The second-order valence-electron chi connectivity index (χ2n) is 1.91. The standard InChI is InChI=1S/6CH3NOS.Mo.6OS/c6*2-1(3)4;;6*1-2/h6*(H3,2,3,4);;;;;;;/q;;;;;;+6;;;;;;/p-6. The van der Waals surface area contributed by atoms with Crippen molar-refractivity contribution in [3.05, 3.63) is 0 Å². The van der Waals surface area contributed by atoms with E-state index in [1.165, 1.54) is 0 Å². The van der Waals surface area contributed by atoms with E-state index in [1.54, 1.807) is 0 Å². The molecule has 31 heteroatoms. The van der Waals surface area contributed by atoms with Crippen LogP contribution >= 0.6 is 73.3 Å². The van der Waals surface area contributed by atoms with Gasteiger partial charge in [-0.25, -0.2) is 0 Å². The minimum absolute atomic E-state index is 0. The van der Waals surface area contributed by atoms with Gasteiger partial charge in [-0.1, -0.05) is 73.3 Å². The van der Waals surface area contributed by atoms with E-state index in [0.29, 0.717) is 0 Å². The number of rotatable bonds is 0. The van der Waals surface area contributed by atoms with Gasteiger partial charge in [-0.05, 0) is 0 Å². The molecule has 216 valence electrons. The van der Waals surface area contributed by atoms with E-state index >= 15 is 0 Å². The molecule has 0 rings (SSSR count). The van der Waals surface area contributed by atoms with Gasteiger partial charge in [0, 0.05) is 31.0 Å². The molecule has 37 heavy (non-hydrogen) atoms. The molecule has 0 amide bonds. The molecule has 0 aliphatic rings. The van der Waals surface area contributed by atoms with Crippen molar-refractivity contribution in [3.8, 4) is 0 Å². The minimum atomic E-state index is -0.750. The first-order valence-electron chi connectivity index (χ1n) is 5.18. The van der Waals surface area contributed by atoms with Crippen LogP contribution in [0, 0.1) is 0 Å². The minimum Gasteiger partial charge on any atom is -0.852 e. The molecule has 0 bridgehead atoms. The van der Waals surface area contributed by atoms with Gasteiger partial charge in [0.25, 0.3) is 0 Å². The molecule has 0 unspecified atom stereocenters. The zero-order chi connectivity index (χ0) is 33.5. The third-order valence-electron chi connectivity index (χ3n) is 0. The van der Waals surface area contributed by atoms with E-state index in [-0.39, 0.29) is 21.1 Å². The predicted octanol–water partition coefficient (Wildman–Crippen LogP) is -10.5. The fraction of sp³-hybridized carbons (Fsp3) is 0. The molecular formula is C6H12MoN6O12S12. The zero-order valence-corrected chi connectivity index (χ0v) is 28.5. The van der Waals surface area contributed by atoms with Gasteiger partial charge in [0.1, 0.15) is 0 Å². The summed E-state index contributed by atoms with van der Waals surface area (Å²) in [5.74, 6) is 0. The van der Waals surface area contributed by atoms with Gasteiger partial charge in [0.15, 0.2) is 75.2 Å². The molecule has 0 saturated heterocycles. The normalized spacial score (nSPS) is 4.54. The maximum absolute atomic E-state index is 9.04. The summed E-state index contributed by atoms with van der Waals surface area (Å²) in [6, 6.07) is 0. The van der Waals surface area contributed by atoms with E-state index < -0.39 is 31.0 Å². The van der Waals surface area contributed by atoms with Gasteiger partial charge < -0.3 is 65.0 Å². The summed E-state index contributed by atoms with van der Waals surface area (Å²) in [7, 11) is 0. The Labute approximate surface area is 288 Å². The van der Waals surface area contributed by atoms with E-state index in [9.17, 15) is 0 Å². The first kappa shape index (κ1) is 83.4. The van der Waals surface area contributed by atoms with E-state index in [2.05, 4.69) is 183 Å². The second-order valence-corrected chi connectivity index (χ2v) is 4.33. The Balaban J connectivity index is -0.0000000156. The molecule has 0 atom stereocenters. The van der Waals surface area contributed by atoms with Crippen molar-refractivity contribution in [2.75, 3.05) is 0 Å². The molecule has 0 fully saturated rings. The largest absolute Gasteiger partial charge is 6.00 e. The molecule has 0 aromatic carbocycles. The average molecular weight is 841 g/mol. The number of thiocarbonyl (C=S) groups is 6. The molecular weight excluding hydrogens is 829 g/mol. The molecule has 0 spiro atoms. The van der Waals surface area contributed by atoms with Crippen LogP contribution in [-0.2, 0) is 96.3 Å². The van der Waals surface area contributed by atoms with Crippen LogP contribution < -0.4 is 65.0 Å². The molecule has 0 heterocycles. The molecule has 0 aliphatic carbocycles. The zero-order valence-electron chi connectivity index (χ0n) is 16.7. The maximum atomic E-state index is 9.04. The van der Waals surface area contributed by atoms with Crippen molar-refractivity contribution in [1.29, 1.82) is 0 Å². The third-order valence-corrected chi connectivity index (χ3v) is 0. The Bertz CT molecular complexity index is 372. The summed E-state index contributed by atoms with van der Waals surface area (Å²) in [4.78, 5) is 0. The Morgan fingerprint density at radius 1 is 0.297 bits per heavy atom. The van der Waals surface area contributed by atoms with Crippen LogP contribution in [0.5, 0.6) is 0 Å². The van der Waals surface area contributed by atoms with Crippen LogP contribution in [0.25, 0.3) is 0 Å². The summed E-state index contributed by atoms with van der Waals surface area (Å²) >= 11 is 39.6. The van der Waals surface area contributed by atoms with Crippen molar-refractivity contribution in [2.24, 2.45) is 34.4 Å². The van der Waals surface area contributed by atoms with E-state index in [0.717, 1.165) is 0 Å². The Kier molecular flexibility index (Phi) is 316. The summed E-state index contributed by atoms with van der Waals surface area (Å²) in [5.41, 5.74) is 25.7. The molecule has 12 N–H and O–H groups in total. The van der Waals surface area contributed by atoms with Crippen LogP contribution in [0.15, 0.2) is 0 Å². The second kappa shape index (κ2) is 140. The van der Waals surface area contributed by atoms with Crippen molar-refractivity contribution in [1.82, 2.24) is 0 Å². The van der Waals surface area contributed by atoms with Gasteiger partial charge in [0.2, 0.25) is 0 Å².